The maximum Gasteiger partial charge on any atom is 0.433 e. The van der Waals surface area contributed by atoms with E-state index in [9.17, 15) is 18.0 Å². The largest absolute Gasteiger partial charge is 0.433 e. The Balaban J connectivity index is 1.42. The van der Waals surface area contributed by atoms with E-state index in [1.165, 1.54) is 6.07 Å². The lowest BCUT2D eigenvalue weighted by molar-refractivity contribution is -0.142. The summed E-state index contributed by atoms with van der Waals surface area (Å²) in [5.74, 6) is -0.636. The number of nitrogens with zero attached hydrogens (tertiary/aromatic N) is 5. The van der Waals surface area contributed by atoms with Crippen molar-refractivity contribution < 1.29 is 18.0 Å². The van der Waals surface area contributed by atoms with Crippen LogP contribution in [0.3, 0.4) is 0 Å². The lowest BCUT2D eigenvalue weighted by atomic mass is 10.0. The molecule has 5 rings (SSSR count). The van der Waals surface area contributed by atoms with Crippen LogP contribution in [0.15, 0.2) is 60.7 Å². The highest BCUT2D eigenvalue weighted by Gasteiger charge is 2.35. The fourth-order valence-corrected chi connectivity index (χ4v) is 4.23. The summed E-state index contributed by atoms with van der Waals surface area (Å²) in [6, 6.07) is 16.7. The first-order valence-corrected chi connectivity index (χ1v) is 11.9. The Kier molecular flexibility index (Phi) is 6.26. The molecule has 1 N–H and O–H groups in total. The lowest BCUT2D eigenvalue weighted by Gasteiger charge is -2.11. The van der Waals surface area contributed by atoms with Gasteiger partial charge in [0.1, 0.15) is 0 Å². The number of alkyl halides is 3. The highest BCUT2D eigenvalue weighted by Crippen LogP contribution is 2.33. The summed E-state index contributed by atoms with van der Waals surface area (Å²) in [7, 11) is 0. The van der Waals surface area contributed by atoms with Gasteiger partial charge in [0.25, 0.3) is 5.91 Å². The molecule has 7 nitrogen and oxygen atoms in total. The van der Waals surface area contributed by atoms with Crippen LogP contribution < -0.4 is 5.32 Å². The number of rotatable bonds is 5. The number of amides is 1. The Bertz CT molecular complexity index is 1660. The smallest absolute Gasteiger partial charge is 0.321 e. The molecule has 5 aromatic rings. The van der Waals surface area contributed by atoms with Crippen LogP contribution >= 0.6 is 0 Å². The molecule has 2 aromatic carbocycles. The normalized spacial score (nSPS) is 11.8. The number of fused-ring (bicyclic) bond motifs is 1. The Morgan fingerprint density at radius 2 is 1.63 bits per heavy atom. The van der Waals surface area contributed by atoms with E-state index in [-0.39, 0.29) is 17.0 Å². The number of halogens is 3. The van der Waals surface area contributed by atoms with Gasteiger partial charge in [0.2, 0.25) is 0 Å². The second kappa shape index (κ2) is 9.44. The van der Waals surface area contributed by atoms with Crippen LogP contribution in [0.4, 0.5) is 18.9 Å². The van der Waals surface area contributed by atoms with Crippen molar-refractivity contribution in [1.29, 1.82) is 0 Å². The molecule has 0 radical (unpaired) electrons. The SMILES string of the molecule is Cc1cc(C)n(Cc2ccc(NC(=O)c3cc4nc(-c5ccc(C)c(C)c5)cc(C(F)(F)F)n4n3)cc2)n1. The molecule has 0 bridgehead atoms. The van der Waals surface area contributed by atoms with E-state index in [0.29, 0.717) is 22.3 Å². The molecule has 0 saturated heterocycles. The van der Waals surface area contributed by atoms with E-state index in [2.05, 4.69) is 20.5 Å². The third-order valence-corrected chi connectivity index (χ3v) is 6.40. The van der Waals surface area contributed by atoms with Gasteiger partial charge in [-0.1, -0.05) is 24.3 Å². The average molecular weight is 519 g/mol. The minimum Gasteiger partial charge on any atom is -0.321 e. The van der Waals surface area contributed by atoms with Crippen molar-refractivity contribution in [2.75, 3.05) is 5.32 Å². The molecule has 0 aliphatic rings. The molecule has 0 fully saturated rings. The number of aryl methyl sites for hydroxylation is 4. The van der Waals surface area contributed by atoms with Gasteiger partial charge < -0.3 is 5.32 Å². The van der Waals surface area contributed by atoms with Crippen LogP contribution in [0.2, 0.25) is 0 Å². The quantitative estimate of drug-likeness (QED) is 0.303. The summed E-state index contributed by atoms with van der Waals surface area (Å²) in [6.07, 6.45) is -4.70. The monoisotopic (exact) mass is 518 g/mol. The number of benzene rings is 2. The van der Waals surface area contributed by atoms with Crippen molar-refractivity contribution in [2.24, 2.45) is 0 Å². The molecular weight excluding hydrogens is 493 g/mol. The average Bonchev–Trinajstić information content (AvgIpc) is 3.43. The minimum atomic E-state index is -4.70. The predicted molar refractivity (Wildman–Crippen MR) is 138 cm³/mol. The van der Waals surface area contributed by atoms with Gasteiger partial charge in [0.05, 0.1) is 17.9 Å². The van der Waals surface area contributed by atoms with Crippen molar-refractivity contribution in [3.05, 3.63) is 100 Å². The van der Waals surface area contributed by atoms with E-state index < -0.39 is 17.8 Å². The summed E-state index contributed by atoms with van der Waals surface area (Å²) in [5, 5.41) is 11.1. The molecule has 10 heteroatoms. The van der Waals surface area contributed by atoms with E-state index in [1.807, 2.05) is 56.6 Å². The highest BCUT2D eigenvalue weighted by molar-refractivity contribution is 6.03. The molecule has 0 spiro atoms. The number of anilines is 1. The second-order valence-corrected chi connectivity index (χ2v) is 9.36. The van der Waals surface area contributed by atoms with Crippen LogP contribution in [0.1, 0.15) is 44.3 Å². The molecule has 1 amide bonds. The molecule has 0 atom stereocenters. The highest BCUT2D eigenvalue weighted by atomic mass is 19.4. The third kappa shape index (κ3) is 5.02. The van der Waals surface area contributed by atoms with Crippen LogP contribution in [0.25, 0.3) is 16.9 Å². The molecule has 0 saturated carbocycles. The summed E-state index contributed by atoms with van der Waals surface area (Å²) in [4.78, 5) is 17.3. The zero-order valence-corrected chi connectivity index (χ0v) is 21.3. The zero-order chi connectivity index (χ0) is 27.2. The second-order valence-electron chi connectivity index (χ2n) is 9.36. The fraction of sp³-hybridized carbons (Fsp3) is 0.214. The van der Waals surface area contributed by atoms with E-state index in [0.717, 1.165) is 34.1 Å². The first-order valence-electron chi connectivity index (χ1n) is 11.9. The predicted octanol–water partition coefficient (Wildman–Crippen LogP) is 6.15. The number of hydrogen-bond acceptors (Lipinski definition) is 4. The zero-order valence-electron chi connectivity index (χ0n) is 21.3. The summed E-state index contributed by atoms with van der Waals surface area (Å²) < 4.78 is 44.4. The topological polar surface area (TPSA) is 77.1 Å². The molecule has 0 unspecified atom stereocenters. The van der Waals surface area contributed by atoms with Gasteiger partial charge in [-0.15, -0.1) is 0 Å². The van der Waals surface area contributed by atoms with Gasteiger partial charge in [0.15, 0.2) is 17.0 Å². The van der Waals surface area contributed by atoms with E-state index in [4.69, 9.17) is 0 Å². The van der Waals surface area contributed by atoms with Crippen molar-refractivity contribution in [2.45, 2.75) is 40.4 Å². The lowest BCUT2D eigenvalue weighted by Crippen LogP contribution is -2.15. The molecule has 0 aliphatic heterocycles. The number of nitrogens with one attached hydrogen (secondary N) is 1. The molecule has 3 aromatic heterocycles. The van der Waals surface area contributed by atoms with Crippen LogP contribution in [0, 0.1) is 27.7 Å². The molecule has 38 heavy (non-hydrogen) atoms. The first kappa shape index (κ1) is 25.2. The van der Waals surface area contributed by atoms with Crippen LogP contribution in [-0.2, 0) is 12.7 Å². The van der Waals surface area contributed by atoms with Crippen molar-refractivity contribution in [3.8, 4) is 11.3 Å². The van der Waals surface area contributed by atoms with Crippen LogP contribution in [0.5, 0.6) is 0 Å². The Hall–Kier alpha value is -4.47. The summed E-state index contributed by atoms with van der Waals surface area (Å²) in [6.45, 7) is 8.30. The number of aromatic nitrogens is 5. The van der Waals surface area contributed by atoms with Gasteiger partial charge in [-0.25, -0.2) is 9.50 Å². The van der Waals surface area contributed by atoms with Gasteiger partial charge in [-0.2, -0.15) is 23.4 Å². The van der Waals surface area contributed by atoms with Crippen LogP contribution in [-0.4, -0.2) is 30.3 Å². The van der Waals surface area contributed by atoms with Gasteiger partial charge in [0, 0.05) is 23.0 Å². The summed E-state index contributed by atoms with van der Waals surface area (Å²) in [5.41, 5.74) is 4.85. The molecule has 3 heterocycles. The standard InChI is InChI=1S/C28H25F3N6O/c1-16-5-8-21(11-17(16)2)23-13-25(28(29,30)31)37-26(33-23)14-24(35-37)27(38)32-22-9-6-20(7-10-22)15-36-19(4)12-18(3)34-36/h5-14H,15H2,1-4H3,(H,32,38). The van der Waals surface area contributed by atoms with Gasteiger partial charge >= 0.3 is 6.18 Å². The molecular formula is C28H25F3N6O. The van der Waals surface area contributed by atoms with E-state index >= 15 is 0 Å². The third-order valence-electron chi connectivity index (χ3n) is 6.40. The first-order chi connectivity index (χ1) is 18.0. The minimum absolute atomic E-state index is 0.0709. The summed E-state index contributed by atoms with van der Waals surface area (Å²) >= 11 is 0. The Morgan fingerprint density at radius 3 is 2.26 bits per heavy atom. The Labute approximate surface area is 216 Å². The van der Waals surface area contributed by atoms with Crippen molar-refractivity contribution in [1.82, 2.24) is 24.4 Å². The maximum atomic E-state index is 13.9. The van der Waals surface area contributed by atoms with Gasteiger partial charge in [-0.05, 0) is 74.7 Å². The fourth-order valence-electron chi connectivity index (χ4n) is 4.23. The maximum absolute atomic E-state index is 13.9. The van der Waals surface area contributed by atoms with Crippen molar-refractivity contribution >= 4 is 17.2 Å². The molecule has 194 valence electrons. The van der Waals surface area contributed by atoms with Gasteiger partial charge in [-0.3, -0.25) is 9.48 Å². The number of hydrogen-bond donors (Lipinski definition) is 1. The Morgan fingerprint density at radius 1 is 0.895 bits per heavy atom. The van der Waals surface area contributed by atoms with Crippen molar-refractivity contribution in [3.63, 3.8) is 0 Å². The molecule has 0 aliphatic carbocycles. The number of carbonyl (C=O) groups excluding carboxylic acids is 1. The number of carbonyl (C=O) groups is 1. The van der Waals surface area contributed by atoms with E-state index in [1.54, 1.807) is 24.3 Å².